The average molecular weight is 1660 g/mol. The number of carbonyl (C=O) groups is 8. The van der Waals surface area contributed by atoms with Crippen LogP contribution in [-0.2, 0) is 64.0 Å². The molecule has 100 heavy (non-hydrogen) atoms. The maximum atomic E-state index is 11.8. The van der Waals surface area contributed by atoms with E-state index in [0.717, 1.165) is 176 Å². The molecule has 568 valence electrons. The minimum absolute atomic E-state index is 0.0670. The van der Waals surface area contributed by atoms with Crippen molar-refractivity contribution >= 4 is 111 Å². The predicted octanol–water partition coefficient (Wildman–Crippen LogP) is 6.97. The van der Waals surface area contributed by atoms with E-state index in [0.29, 0.717) is 21.3 Å². The van der Waals surface area contributed by atoms with Gasteiger partial charge >= 0.3 is 0 Å². The molecule has 0 aliphatic rings. The summed E-state index contributed by atoms with van der Waals surface area (Å²) >= 11 is 13.0. The highest BCUT2D eigenvalue weighted by Crippen LogP contribution is 2.17. The van der Waals surface area contributed by atoms with E-state index in [-0.39, 0.29) is 47.8 Å². The molecule has 4 N–H and O–H groups in total. The molecule has 0 bridgehead atoms. The zero-order chi connectivity index (χ0) is 77.2. The lowest BCUT2D eigenvalue weighted by atomic mass is 10.0. The summed E-state index contributed by atoms with van der Waals surface area (Å²) in [4.78, 5) is 82.7. The van der Waals surface area contributed by atoms with E-state index >= 15 is 0 Å². The number of aliphatic carboxylic acids is 4. The SMILES string of the molecule is CC(=O)[O-].CC(=O)[O-].CC(=O)[O-].CC(=O)[O-].CC[N+](CC)(CC)CC(Cc1ccccc1)NC(=O)CBr.CC[N+](CC)(CC)CC(Cc1ccccc1)NC(=O)CBr.CC[N+](CC)(CC)CC(Cc1ccccc1)NC(=O)CBr.CC[N+](CC)(CC)CC(Cc1ccccc1)NC(=O)CBr. The summed E-state index contributed by atoms with van der Waals surface area (Å²) in [5.41, 5.74) is 5.11. The Hall–Kier alpha value is -5.60. The van der Waals surface area contributed by atoms with Gasteiger partial charge in [0, 0.05) is 23.9 Å². The molecule has 0 saturated heterocycles. The van der Waals surface area contributed by atoms with Gasteiger partial charge in [0.15, 0.2) is 0 Å². The monoisotopic (exact) mass is 1660 g/mol. The minimum atomic E-state index is -1.08. The Balaban J connectivity index is -0.000000570. The molecule has 24 heteroatoms. The molecule has 4 amide bonds. The van der Waals surface area contributed by atoms with Crippen LogP contribution in [0.2, 0.25) is 0 Å². The van der Waals surface area contributed by atoms with Crippen molar-refractivity contribution in [2.75, 3.05) is 126 Å². The number of hydrogen-bond donors (Lipinski definition) is 4. The quantitative estimate of drug-likeness (QED) is 0.0266. The number of quaternary nitrogens is 4. The molecule has 20 nitrogen and oxygen atoms in total. The molecule has 0 heterocycles. The normalized spacial score (nSPS) is 11.9. The highest BCUT2D eigenvalue weighted by molar-refractivity contribution is 9.10. The van der Waals surface area contributed by atoms with Gasteiger partial charge in [0.05, 0.1) is 150 Å². The molecule has 0 aliphatic carbocycles. The fourth-order valence-corrected chi connectivity index (χ4v) is 12.1. The third-order valence-corrected chi connectivity index (χ3v) is 19.8. The van der Waals surface area contributed by atoms with E-state index in [4.69, 9.17) is 39.6 Å². The van der Waals surface area contributed by atoms with Gasteiger partial charge in [0.25, 0.3) is 0 Å². The Labute approximate surface area is 635 Å². The zero-order valence-electron chi connectivity index (χ0n) is 63.0. The summed E-state index contributed by atoms with van der Waals surface area (Å²) in [6.45, 7) is 47.8. The molecule has 0 saturated carbocycles. The third-order valence-electron chi connectivity index (χ3n) is 17.7. The Kier molecular flexibility index (Phi) is 61.4. The van der Waals surface area contributed by atoms with E-state index < -0.39 is 23.9 Å². The summed E-state index contributed by atoms with van der Waals surface area (Å²) in [5, 5.41) is 49.7. The van der Waals surface area contributed by atoms with Crippen molar-refractivity contribution < 1.29 is 76.7 Å². The summed E-state index contributed by atoms with van der Waals surface area (Å²) < 4.78 is 4.17. The largest absolute Gasteiger partial charge is 0.550 e. The third kappa shape index (κ3) is 51.5. The lowest BCUT2D eigenvalue weighted by Gasteiger charge is -2.39. The highest BCUT2D eigenvalue weighted by atomic mass is 79.9. The first-order valence-corrected chi connectivity index (χ1v) is 39.4. The van der Waals surface area contributed by atoms with Crippen LogP contribution in [-0.4, -0.2) is 216 Å². The standard InChI is InChI=1S/4C17H27BrN2O.4C2H4O2/c4*1-4-20(5-2,6-3)14-16(19-17(21)13-18)12-15-10-8-7-9-11-15;4*1-2(3)4/h4*7-11,16H,4-6,12-14H2,1-3H3;4*1H3,(H,3,4). The average Bonchev–Trinajstić information content (AvgIpc) is 0.883. The number of carbonyl (C=O) groups excluding carboxylic acids is 8. The van der Waals surface area contributed by atoms with E-state index in [2.05, 4.69) is 265 Å². The molecule has 0 spiro atoms. The number of carboxylic acids is 4. The molecule has 4 rings (SSSR count). The Morgan fingerprint density at radius 2 is 0.400 bits per heavy atom. The smallest absolute Gasteiger partial charge is 0.231 e. The molecular weight excluding hydrogens is 1540 g/mol. The van der Waals surface area contributed by atoms with Gasteiger partial charge in [0.2, 0.25) is 23.6 Å². The lowest BCUT2D eigenvalue weighted by molar-refractivity contribution is -0.924. The summed E-state index contributed by atoms with van der Waals surface area (Å²) in [7, 11) is 0. The van der Waals surface area contributed by atoms with E-state index in [9.17, 15) is 19.2 Å². The van der Waals surface area contributed by atoms with Crippen LogP contribution in [0.1, 0.15) is 133 Å². The van der Waals surface area contributed by atoms with Gasteiger partial charge in [-0.3, -0.25) is 19.2 Å². The molecule has 4 atom stereocenters. The number of nitrogens with one attached hydrogen (secondary N) is 4. The van der Waals surface area contributed by atoms with E-state index in [1.807, 2.05) is 24.3 Å². The molecule has 4 aromatic carbocycles. The summed E-state index contributed by atoms with van der Waals surface area (Å²) in [6, 6.07) is 42.3. The van der Waals surface area contributed by atoms with Crippen molar-refractivity contribution in [1.29, 1.82) is 0 Å². The van der Waals surface area contributed by atoms with Crippen LogP contribution in [0.15, 0.2) is 121 Å². The van der Waals surface area contributed by atoms with Crippen LogP contribution < -0.4 is 41.7 Å². The van der Waals surface area contributed by atoms with Crippen molar-refractivity contribution in [2.24, 2.45) is 0 Å². The van der Waals surface area contributed by atoms with Crippen LogP contribution >= 0.6 is 63.7 Å². The Morgan fingerprint density at radius 1 is 0.280 bits per heavy atom. The second-order valence-electron chi connectivity index (χ2n) is 24.2. The van der Waals surface area contributed by atoms with Crippen LogP contribution in [0.4, 0.5) is 0 Å². The number of likely N-dealkylation sites (N-methyl/N-ethyl adjacent to an activating group) is 4. The van der Waals surface area contributed by atoms with Gasteiger partial charge in [-0.05, 0) is 159 Å². The number of amides is 4. The topological polar surface area (TPSA) is 277 Å². The van der Waals surface area contributed by atoms with Crippen LogP contribution in [0.5, 0.6) is 0 Å². The molecule has 0 aliphatic heterocycles. The number of hydrogen-bond acceptors (Lipinski definition) is 12. The Bertz CT molecular complexity index is 2340. The van der Waals surface area contributed by atoms with Crippen molar-refractivity contribution in [3.63, 3.8) is 0 Å². The summed E-state index contributed by atoms with van der Waals surface area (Å²) in [6.07, 6.45) is 3.55. The maximum Gasteiger partial charge on any atom is 0.231 e. The van der Waals surface area contributed by atoms with E-state index in [1.165, 1.54) is 22.3 Å². The van der Waals surface area contributed by atoms with Gasteiger partial charge in [-0.15, -0.1) is 0 Å². The Morgan fingerprint density at radius 3 is 0.500 bits per heavy atom. The second-order valence-corrected chi connectivity index (χ2v) is 26.5. The second kappa shape index (κ2) is 60.9. The first kappa shape index (κ1) is 101. The molecule has 0 radical (unpaired) electrons. The number of benzene rings is 4. The molecule has 0 aromatic heterocycles. The van der Waals surface area contributed by atoms with Gasteiger partial charge < -0.3 is 78.8 Å². The van der Waals surface area contributed by atoms with Crippen LogP contribution in [0, 0.1) is 0 Å². The lowest BCUT2D eigenvalue weighted by Crippen LogP contribution is -2.56. The van der Waals surface area contributed by atoms with Gasteiger partial charge in [-0.25, -0.2) is 0 Å². The molecular formula is C76H124Br4N8O12. The zero-order valence-corrected chi connectivity index (χ0v) is 69.4. The van der Waals surface area contributed by atoms with Crippen molar-refractivity contribution in [2.45, 2.75) is 161 Å². The predicted molar refractivity (Wildman–Crippen MR) is 413 cm³/mol. The molecule has 0 fully saturated rings. The van der Waals surface area contributed by atoms with Crippen molar-refractivity contribution in [1.82, 2.24) is 21.3 Å². The van der Waals surface area contributed by atoms with Crippen LogP contribution in [0.25, 0.3) is 0 Å². The van der Waals surface area contributed by atoms with Crippen LogP contribution in [0.3, 0.4) is 0 Å². The minimum Gasteiger partial charge on any atom is -0.550 e. The number of carboxylic acid groups (broad SMARTS) is 4. The molecule has 4 unspecified atom stereocenters. The number of alkyl halides is 4. The first-order valence-electron chi connectivity index (χ1n) is 35.0. The van der Waals surface area contributed by atoms with Gasteiger partial charge in [-0.2, -0.15) is 0 Å². The van der Waals surface area contributed by atoms with Gasteiger partial charge in [-0.1, -0.05) is 185 Å². The molecule has 4 aromatic rings. The van der Waals surface area contributed by atoms with Crippen molar-refractivity contribution in [3.05, 3.63) is 144 Å². The number of halogens is 4. The van der Waals surface area contributed by atoms with E-state index in [1.54, 1.807) is 0 Å². The summed E-state index contributed by atoms with van der Waals surface area (Å²) in [5.74, 6) is -4.07. The number of nitrogens with zero attached hydrogens (tertiary/aromatic N) is 4. The van der Waals surface area contributed by atoms with Crippen molar-refractivity contribution in [3.8, 4) is 0 Å². The number of rotatable bonds is 36. The maximum absolute atomic E-state index is 11.8. The first-order chi connectivity index (χ1) is 47.3. The van der Waals surface area contributed by atoms with Gasteiger partial charge in [0.1, 0.15) is 0 Å². The fourth-order valence-electron chi connectivity index (χ4n) is 11.4. The highest BCUT2D eigenvalue weighted by Gasteiger charge is 2.31. The fraction of sp³-hybridized carbons (Fsp3) is 0.579.